The summed E-state index contributed by atoms with van der Waals surface area (Å²) in [4.78, 5) is 17.6. The maximum Gasteiger partial charge on any atom is 0.293 e. The van der Waals surface area contributed by atoms with Gasteiger partial charge < -0.3 is 9.88 Å². The number of nitrogens with zero attached hydrogens (tertiary/aromatic N) is 2. The Morgan fingerprint density at radius 3 is 2.76 bits per heavy atom. The minimum atomic E-state index is -0.0455. The fourth-order valence-electron chi connectivity index (χ4n) is 1.96. The average molecular weight is 303 g/mol. The third-order valence-electron chi connectivity index (χ3n) is 2.88. The van der Waals surface area contributed by atoms with Gasteiger partial charge in [-0.2, -0.15) is 0 Å². The lowest BCUT2D eigenvalue weighted by atomic mass is 10.2. The first-order chi connectivity index (χ1) is 10.2. The lowest BCUT2D eigenvalue weighted by Gasteiger charge is -2.10. The van der Waals surface area contributed by atoms with E-state index in [9.17, 15) is 4.79 Å². The van der Waals surface area contributed by atoms with Crippen LogP contribution >= 0.6 is 11.8 Å². The van der Waals surface area contributed by atoms with Crippen LogP contribution in [0.5, 0.6) is 0 Å². The van der Waals surface area contributed by atoms with Crippen LogP contribution in [0.4, 0.5) is 5.82 Å². The van der Waals surface area contributed by atoms with E-state index < -0.39 is 0 Å². The quantitative estimate of drug-likeness (QED) is 0.630. The Morgan fingerprint density at radius 1 is 1.29 bits per heavy atom. The van der Waals surface area contributed by atoms with E-state index in [4.69, 9.17) is 0 Å². The minimum absolute atomic E-state index is 0.0455. The van der Waals surface area contributed by atoms with Gasteiger partial charge in [-0.25, -0.2) is 4.98 Å². The van der Waals surface area contributed by atoms with Gasteiger partial charge in [0.15, 0.2) is 5.82 Å². The van der Waals surface area contributed by atoms with Crippen molar-refractivity contribution in [2.45, 2.75) is 25.3 Å². The Labute approximate surface area is 129 Å². The number of benzene rings is 1. The fraction of sp³-hybridized carbons (Fsp3) is 0.375. The van der Waals surface area contributed by atoms with Crippen molar-refractivity contribution < 1.29 is 0 Å². The highest BCUT2D eigenvalue weighted by molar-refractivity contribution is 7.99. The summed E-state index contributed by atoms with van der Waals surface area (Å²) in [5, 5.41) is 3.13. The Hall–Kier alpha value is -1.75. The summed E-state index contributed by atoms with van der Waals surface area (Å²) in [6.07, 6.45) is 3.42. The van der Waals surface area contributed by atoms with Crippen molar-refractivity contribution in [3.8, 4) is 0 Å². The summed E-state index contributed by atoms with van der Waals surface area (Å²) < 4.78 is 1.71. The minimum Gasteiger partial charge on any atom is -0.365 e. The highest BCUT2D eigenvalue weighted by atomic mass is 32.2. The molecule has 1 aromatic carbocycles. The van der Waals surface area contributed by atoms with E-state index in [1.807, 2.05) is 18.2 Å². The molecular weight excluding hydrogens is 282 g/mol. The first-order valence-electron chi connectivity index (χ1n) is 7.14. The molecular formula is C16H21N3OS. The summed E-state index contributed by atoms with van der Waals surface area (Å²) in [5.74, 6) is 1.77. The molecule has 0 spiro atoms. The molecule has 0 aliphatic heterocycles. The molecule has 0 aliphatic carbocycles. The van der Waals surface area contributed by atoms with Gasteiger partial charge in [-0.1, -0.05) is 32.0 Å². The molecule has 4 nitrogen and oxygen atoms in total. The van der Waals surface area contributed by atoms with Crippen molar-refractivity contribution in [2.24, 2.45) is 5.92 Å². The standard InChI is InChI=1S/C16H21N3OS/c1-13(2)12-19-10-8-17-15(16(19)20)18-9-11-21-14-6-4-3-5-7-14/h3-8,10,13H,9,11-12H2,1-2H3,(H,17,18). The molecule has 1 N–H and O–H groups in total. The lowest BCUT2D eigenvalue weighted by molar-refractivity contribution is 0.509. The summed E-state index contributed by atoms with van der Waals surface area (Å²) in [6, 6.07) is 10.2. The van der Waals surface area contributed by atoms with Gasteiger partial charge in [-0.15, -0.1) is 11.8 Å². The first kappa shape index (κ1) is 15.6. The Balaban J connectivity index is 1.87. The van der Waals surface area contributed by atoms with Crippen molar-refractivity contribution in [3.05, 3.63) is 53.1 Å². The van der Waals surface area contributed by atoms with Crippen molar-refractivity contribution in [3.63, 3.8) is 0 Å². The van der Waals surface area contributed by atoms with Gasteiger partial charge in [-0.05, 0) is 18.1 Å². The van der Waals surface area contributed by atoms with E-state index in [2.05, 4.69) is 36.3 Å². The molecule has 0 saturated carbocycles. The SMILES string of the molecule is CC(C)Cn1ccnc(NCCSc2ccccc2)c1=O. The molecule has 1 aromatic heterocycles. The van der Waals surface area contributed by atoms with Gasteiger partial charge in [0, 0.05) is 36.1 Å². The Kier molecular flexibility index (Phi) is 5.87. The third-order valence-corrected chi connectivity index (χ3v) is 3.90. The average Bonchev–Trinajstić information content (AvgIpc) is 2.48. The smallest absolute Gasteiger partial charge is 0.293 e. The van der Waals surface area contributed by atoms with Gasteiger partial charge in [0.1, 0.15) is 0 Å². The van der Waals surface area contributed by atoms with Gasteiger partial charge in [0.05, 0.1) is 0 Å². The van der Waals surface area contributed by atoms with Crippen LogP contribution in [-0.4, -0.2) is 21.8 Å². The van der Waals surface area contributed by atoms with Crippen LogP contribution in [0.2, 0.25) is 0 Å². The van der Waals surface area contributed by atoms with Crippen molar-refractivity contribution in [2.75, 3.05) is 17.6 Å². The Morgan fingerprint density at radius 2 is 2.05 bits per heavy atom. The van der Waals surface area contributed by atoms with E-state index in [-0.39, 0.29) is 5.56 Å². The molecule has 0 atom stereocenters. The van der Waals surface area contributed by atoms with Crippen LogP contribution in [-0.2, 0) is 6.54 Å². The number of hydrogen-bond donors (Lipinski definition) is 1. The van der Waals surface area contributed by atoms with Crippen LogP contribution < -0.4 is 10.9 Å². The molecule has 1 heterocycles. The highest BCUT2D eigenvalue weighted by Gasteiger charge is 2.05. The number of thioether (sulfide) groups is 1. The molecule has 0 aliphatic rings. The Bertz CT molecular complexity index is 610. The molecule has 0 amide bonds. The van der Waals surface area contributed by atoms with Crippen LogP contribution in [0, 0.1) is 5.92 Å². The summed E-state index contributed by atoms with van der Waals surface area (Å²) >= 11 is 1.76. The van der Waals surface area contributed by atoms with E-state index in [1.165, 1.54) is 4.90 Å². The van der Waals surface area contributed by atoms with Crippen LogP contribution in [0.1, 0.15) is 13.8 Å². The van der Waals surface area contributed by atoms with Crippen molar-refractivity contribution >= 4 is 17.6 Å². The van der Waals surface area contributed by atoms with E-state index >= 15 is 0 Å². The molecule has 2 rings (SSSR count). The third kappa shape index (κ3) is 4.93. The van der Waals surface area contributed by atoms with Crippen molar-refractivity contribution in [1.29, 1.82) is 0 Å². The second-order valence-corrected chi connectivity index (χ2v) is 6.38. The van der Waals surface area contributed by atoms with Gasteiger partial charge >= 0.3 is 0 Å². The van der Waals surface area contributed by atoms with Crippen LogP contribution in [0.15, 0.2) is 52.4 Å². The zero-order chi connectivity index (χ0) is 15.1. The lowest BCUT2D eigenvalue weighted by Crippen LogP contribution is -2.26. The molecule has 0 bridgehead atoms. The summed E-state index contributed by atoms with van der Waals surface area (Å²) in [6.45, 7) is 5.62. The molecule has 112 valence electrons. The fourth-order valence-corrected chi connectivity index (χ4v) is 2.75. The van der Waals surface area contributed by atoms with Gasteiger partial charge in [-0.3, -0.25) is 4.79 Å². The van der Waals surface area contributed by atoms with E-state index in [0.717, 1.165) is 12.3 Å². The molecule has 0 unspecified atom stereocenters. The molecule has 21 heavy (non-hydrogen) atoms. The van der Waals surface area contributed by atoms with Gasteiger partial charge in [0.2, 0.25) is 0 Å². The largest absolute Gasteiger partial charge is 0.365 e. The maximum absolute atomic E-state index is 12.2. The highest BCUT2D eigenvalue weighted by Crippen LogP contribution is 2.16. The summed E-state index contributed by atoms with van der Waals surface area (Å²) in [5.41, 5.74) is -0.0455. The zero-order valence-corrected chi connectivity index (χ0v) is 13.3. The second kappa shape index (κ2) is 7.88. The number of rotatable bonds is 7. The first-order valence-corrected chi connectivity index (χ1v) is 8.12. The molecule has 5 heteroatoms. The normalized spacial score (nSPS) is 10.8. The molecule has 0 saturated heterocycles. The van der Waals surface area contributed by atoms with Gasteiger partial charge in [0.25, 0.3) is 5.56 Å². The number of anilines is 1. The monoisotopic (exact) mass is 303 g/mol. The number of hydrogen-bond acceptors (Lipinski definition) is 4. The molecule has 0 fully saturated rings. The predicted octanol–water partition coefficient (Wildman–Crippen LogP) is 3.10. The van der Waals surface area contributed by atoms with E-state index in [0.29, 0.717) is 18.3 Å². The predicted molar refractivity (Wildman–Crippen MR) is 89.0 cm³/mol. The molecule has 0 radical (unpaired) electrons. The van der Waals surface area contributed by atoms with Crippen LogP contribution in [0.3, 0.4) is 0 Å². The maximum atomic E-state index is 12.2. The van der Waals surface area contributed by atoms with Crippen LogP contribution in [0.25, 0.3) is 0 Å². The number of aromatic nitrogens is 2. The summed E-state index contributed by atoms with van der Waals surface area (Å²) in [7, 11) is 0. The van der Waals surface area contributed by atoms with E-state index in [1.54, 1.807) is 28.7 Å². The number of nitrogens with one attached hydrogen (secondary N) is 1. The topological polar surface area (TPSA) is 46.9 Å². The van der Waals surface area contributed by atoms with Crippen molar-refractivity contribution in [1.82, 2.24) is 9.55 Å². The zero-order valence-electron chi connectivity index (χ0n) is 12.5. The molecule has 2 aromatic rings. The second-order valence-electron chi connectivity index (χ2n) is 5.22.